The highest BCUT2D eigenvalue weighted by atomic mass is 16.3. The van der Waals surface area contributed by atoms with Crippen molar-refractivity contribution in [3.63, 3.8) is 0 Å². The number of aromatic amines is 1. The third-order valence-corrected chi connectivity index (χ3v) is 5.43. The minimum Gasteiger partial charge on any atom is -0.396 e. The average Bonchev–Trinajstić information content (AvgIpc) is 3.20. The highest BCUT2D eigenvalue weighted by Crippen LogP contribution is 2.48. The smallest absolute Gasteiger partial charge is 0.253 e. The Bertz CT molecular complexity index is 678. The number of carbonyl (C=O) groups excluding carboxylic acids is 1. The van der Waals surface area contributed by atoms with Crippen LogP contribution in [-0.2, 0) is 0 Å². The van der Waals surface area contributed by atoms with Crippen LogP contribution in [-0.4, -0.2) is 28.6 Å². The van der Waals surface area contributed by atoms with E-state index in [4.69, 9.17) is 0 Å². The van der Waals surface area contributed by atoms with Gasteiger partial charge in [0.1, 0.15) is 0 Å². The van der Waals surface area contributed by atoms with Gasteiger partial charge in [-0.05, 0) is 37.2 Å². The van der Waals surface area contributed by atoms with E-state index < -0.39 is 0 Å². The first-order valence-electron chi connectivity index (χ1n) is 7.75. The second-order valence-electron chi connectivity index (χ2n) is 6.43. The molecule has 0 radical (unpaired) electrons. The van der Waals surface area contributed by atoms with Gasteiger partial charge in [-0.2, -0.15) is 0 Å². The van der Waals surface area contributed by atoms with E-state index in [1.54, 1.807) is 6.20 Å². The molecular weight excluding hydrogens is 264 g/mol. The van der Waals surface area contributed by atoms with Crippen molar-refractivity contribution in [1.29, 1.82) is 0 Å². The molecule has 4 rings (SSSR count). The van der Waals surface area contributed by atoms with Crippen LogP contribution in [0.1, 0.15) is 29.6 Å². The molecule has 0 spiro atoms. The van der Waals surface area contributed by atoms with Gasteiger partial charge in [-0.25, -0.2) is 0 Å². The van der Waals surface area contributed by atoms with Crippen molar-refractivity contribution in [2.45, 2.75) is 25.3 Å². The highest BCUT2D eigenvalue weighted by molar-refractivity contribution is 6.06. The normalized spacial score (nSPS) is 30.9. The molecule has 2 aliphatic carbocycles. The first-order valence-corrected chi connectivity index (χ1v) is 7.75. The Morgan fingerprint density at radius 1 is 1.29 bits per heavy atom. The molecule has 4 heteroatoms. The van der Waals surface area contributed by atoms with Crippen LogP contribution in [0.4, 0.5) is 0 Å². The molecule has 1 aromatic carbocycles. The summed E-state index contributed by atoms with van der Waals surface area (Å²) < 4.78 is 0. The van der Waals surface area contributed by atoms with Crippen LogP contribution >= 0.6 is 0 Å². The van der Waals surface area contributed by atoms with Gasteiger partial charge in [0.25, 0.3) is 5.91 Å². The molecule has 0 unspecified atom stereocenters. The minimum atomic E-state index is -0.0246. The number of fused-ring (bicyclic) bond motifs is 3. The van der Waals surface area contributed by atoms with E-state index in [9.17, 15) is 9.90 Å². The summed E-state index contributed by atoms with van der Waals surface area (Å²) in [6.45, 7) is 0.181. The molecule has 2 bridgehead atoms. The van der Waals surface area contributed by atoms with Crippen LogP contribution in [0.15, 0.2) is 30.5 Å². The molecule has 0 aliphatic heterocycles. The van der Waals surface area contributed by atoms with Gasteiger partial charge in [0.15, 0.2) is 0 Å². The fourth-order valence-corrected chi connectivity index (χ4v) is 4.39. The molecule has 1 amide bonds. The van der Waals surface area contributed by atoms with Crippen molar-refractivity contribution in [2.24, 2.45) is 17.8 Å². The van der Waals surface area contributed by atoms with E-state index in [0.717, 1.165) is 17.3 Å². The van der Waals surface area contributed by atoms with E-state index in [-0.39, 0.29) is 24.5 Å². The minimum absolute atomic E-state index is 0.0246. The van der Waals surface area contributed by atoms with Crippen LogP contribution < -0.4 is 5.32 Å². The van der Waals surface area contributed by atoms with Crippen molar-refractivity contribution in [2.75, 3.05) is 6.61 Å². The Kier molecular flexibility index (Phi) is 3.00. The number of aromatic nitrogens is 1. The summed E-state index contributed by atoms with van der Waals surface area (Å²) in [7, 11) is 0. The molecule has 4 nitrogen and oxygen atoms in total. The number of aliphatic hydroxyl groups excluding tert-OH is 1. The molecule has 2 saturated carbocycles. The Labute approximate surface area is 123 Å². The lowest BCUT2D eigenvalue weighted by Gasteiger charge is -2.30. The topological polar surface area (TPSA) is 65.1 Å². The third-order valence-electron chi connectivity index (χ3n) is 5.43. The number of para-hydroxylation sites is 1. The molecule has 2 aromatic rings. The summed E-state index contributed by atoms with van der Waals surface area (Å²) in [5, 5.41) is 13.8. The zero-order chi connectivity index (χ0) is 14.4. The predicted molar refractivity (Wildman–Crippen MR) is 81.0 cm³/mol. The Hall–Kier alpha value is -1.81. The number of nitrogens with one attached hydrogen (secondary N) is 2. The van der Waals surface area contributed by atoms with Crippen molar-refractivity contribution < 1.29 is 9.90 Å². The first kappa shape index (κ1) is 12.9. The second-order valence-corrected chi connectivity index (χ2v) is 6.43. The Morgan fingerprint density at radius 3 is 2.95 bits per heavy atom. The molecule has 0 saturated heterocycles. The fraction of sp³-hybridized carbons (Fsp3) is 0.471. The van der Waals surface area contributed by atoms with Crippen LogP contribution in [0.25, 0.3) is 10.9 Å². The molecule has 4 atom stereocenters. The zero-order valence-corrected chi connectivity index (χ0v) is 11.9. The number of carbonyl (C=O) groups is 1. The maximum atomic E-state index is 12.6. The first-order chi connectivity index (χ1) is 10.3. The highest BCUT2D eigenvalue weighted by Gasteiger charge is 2.47. The fourth-order valence-electron chi connectivity index (χ4n) is 4.39. The quantitative estimate of drug-likeness (QED) is 0.809. The lowest BCUT2D eigenvalue weighted by Crippen LogP contribution is -2.45. The number of H-pyrrole nitrogens is 1. The molecule has 1 aromatic heterocycles. The summed E-state index contributed by atoms with van der Waals surface area (Å²) in [4.78, 5) is 15.7. The molecule has 1 heterocycles. The third kappa shape index (κ3) is 1.97. The van der Waals surface area contributed by atoms with Gasteiger partial charge in [0.2, 0.25) is 0 Å². The van der Waals surface area contributed by atoms with Gasteiger partial charge in [-0.3, -0.25) is 4.79 Å². The number of benzene rings is 1. The van der Waals surface area contributed by atoms with Crippen molar-refractivity contribution >= 4 is 16.8 Å². The molecular formula is C17H20N2O2. The van der Waals surface area contributed by atoms with Gasteiger partial charge in [-0.1, -0.05) is 18.2 Å². The lowest BCUT2D eigenvalue weighted by atomic mass is 9.85. The predicted octanol–water partition coefficient (Wildman–Crippen LogP) is 2.30. The number of rotatable bonds is 3. The van der Waals surface area contributed by atoms with E-state index >= 15 is 0 Å². The van der Waals surface area contributed by atoms with Gasteiger partial charge in [-0.15, -0.1) is 0 Å². The largest absolute Gasteiger partial charge is 0.396 e. The number of hydrogen-bond acceptors (Lipinski definition) is 2. The van der Waals surface area contributed by atoms with Crippen molar-refractivity contribution in [1.82, 2.24) is 10.3 Å². The van der Waals surface area contributed by atoms with Crippen molar-refractivity contribution in [3.05, 3.63) is 36.0 Å². The Morgan fingerprint density at radius 2 is 2.10 bits per heavy atom. The summed E-state index contributed by atoms with van der Waals surface area (Å²) >= 11 is 0. The molecule has 2 aliphatic rings. The summed E-state index contributed by atoms with van der Waals surface area (Å²) in [5.74, 6) is 1.34. The standard InChI is InChI=1S/C17H20N2O2/c20-9-14-10-5-6-11(7-10)16(14)19-17(21)13-8-18-15-4-2-1-3-12(13)15/h1-4,8,10-11,14,16,18,20H,5-7,9H2,(H,19,21)/t10-,11-,14-,16+/m0/s1. The summed E-state index contributed by atoms with van der Waals surface area (Å²) in [6.07, 6.45) is 5.32. The van der Waals surface area contributed by atoms with Gasteiger partial charge >= 0.3 is 0 Å². The average molecular weight is 284 g/mol. The molecule has 21 heavy (non-hydrogen) atoms. The van der Waals surface area contributed by atoms with E-state index in [1.807, 2.05) is 24.3 Å². The lowest BCUT2D eigenvalue weighted by molar-refractivity contribution is 0.0863. The summed E-state index contributed by atoms with van der Waals surface area (Å²) in [6, 6.07) is 7.97. The molecule has 110 valence electrons. The van der Waals surface area contributed by atoms with E-state index in [2.05, 4.69) is 10.3 Å². The van der Waals surface area contributed by atoms with Gasteiger partial charge in [0, 0.05) is 35.7 Å². The number of aliphatic hydroxyl groups is 1. The van der Waals surface area contributed by atoms with Crippen molar-refractivity contribution in [3.8, 4) is 0 Å². The van der Waals surface area contributed by atoms with Crippen LogP contribution in [0.2, 0.25) is 0 Å². The SMILES string of the molecule is O=C(N[C@@H]1[C@H]2CC[C@@H](C2)[C@@H]1CO)c1c[nH]c2ccccc12. The Balaban J connectivity index is 1.58. The molecule has 2 fully saturated rings. The van der Waals surface area contributed by atoms with Crippen LogP contribution in [0, 0.1) is 17.8 Å². The number of hydrogen-bond donors (Lipinski definition) is 3. The number of amides is 1. The maximum Gasteiger partial charge on any atom is 0.253 e. The zero-order valence-electron chi connectivity index (χ0n) is 11.9. The monoisotopic (exact) mass is 284 g/mol. The molecule has 3 N–H and O–H groups in total. The van der Waals surface area contributed by atoms with Crippen LogP contribution in [0.3, 0.4) is 0 Å². The summed E-state index contributed by atoms with van der Waals surface area (Å²) in [5.41, 5.74) is 1.68. The maximum absolute atomic E-state index is 12.6. The van der Waals surface area contributed by atoms with Gasteiger partial charge in [0.05, 0.1) is 5.56 Å². The van der Waals surface area contributed by atoms with E-state index in [0.29, 0.717) is 17.4 Å². The van der Waals surface area contributed by atoms with Crippen LogP contribution in [0.5, 0.6) is 0 Å². The second kappa shape index (κ2) is 4.88. The van der Waals surface area contributed by atoms with E-state index in [1.165, 1.54) is 12.8 Å². The van der Waals surface area contributed by atoms with Gasteiger partial charge < -0.3 is 15.4 Å².